The number of carbonyl (C=O) groups is 1. The zero-order chi connectivity index (χ0) is 19.9. The van der Waals surface area contributed by atoms with Gasteiger partial charge in [-0.05, 0) is 70.9 Å². The second-order valence-electron chi connectivity index (χ2n) is 7.46. The summed E-state index contributed by atoms with van der Waals surface area (Å²) in [6.45, 7) is 3.87. The van der Waals surface area contributed by atoms with Gasteiger partial charge in [-0.25, -0.2) is 8.42 Å². The van der Waals surface area contributed by atoms with Gasteiger partial charge in [0.15, 0.2) is 0 Å². The number of hydrogen-bond acceptors (Lipinski definition) is 3. The van der Waals surface area contributed by atoms with Crippen LogP contribution in [0.2, 0.25) is 0 Å². The van der Waals surface area contributed by atoms with Crippen molar-refractivity contribution in [1.29, 1.82) is 0 Å². The Morgan fingerprint density at radius 2 is 1.79 bits per heavy atom. The molecule has 28 heavy (non-hydrogen) atoms. The van der Waals surface area contributed by atoms with Gasteiger partial charge in [-0.2, -0.15) is 4.31 Å². The van der Waals surface area contributed by atoms with Crippen molar-refractivity contribution in [2.24, 2.45) is 0 Å². The van der Waals surface area contributed by atoms with Crippen LogP contribution in [0, 0.1) is 0 Å². The molecule has 0 aromatic heterocycles. The molecule has 2 heterocycles. The Kier molecular flexibility index (Phi) is 5.33. The first kappa shape index (κ1) is 19.6. The average molecular weight is 463 g/mol. The first-order valence-corrected chi connectivity index (χ1v) is 11.8. The molecule has 0 N–H and O–H groups in total. The van der Waals surface area contributed by atoms with Crippen LogP contribution in [0.15, 0.2) is 51.8 Å². The van der Waals surface area contributed by atoms with E-state index in [-0.39, 0.29) is 10.8 Å². The van der Waals surface area contributed by atoms with Crippen molar-refractivity contribution in [2.75, 3.05) is 24.5 Å². The summed E-state index contributed by atoms with van der Waals surface area (Å²) in [5.41, 5.74) is 2.44. The molecule has 1 amide bonds. The van der Waals surface area contributed by atoms with Crippen molar-refractivity contribution in [2.45, 2.75) is 37.0 Å². The fraction of sp³-hybridized carbons (Fsp3) is 0.381. The number of para-hydroxylation sites is 1. The molecule has 0 bridgehead atoms. The van der Waals surface area contributed by atoms with Crippen LogP contribution in [0.5, 0.6) is 0 Å². The molecule has 1 unspecified atom stereocenters. The Bertz CT molecular complexity index is 1020. The van der Waals surface area contributed by atoms with Crippen molar-refractivity contribution >= 4 is 37.5 Å². The fourth-order valence-electron chi connectivity index (χ4n) is 4.01. The SMILES string of the molecule is CC1CCN(C(=O)c2cc(S(=O)(=O)N3CCCC3)ccc2Br)c2ccccc21. The summed E-state index contributed by atoms with van der Waals surface area (Å²) in [7, 11) is -3.57. The van der Waals surface area contributed by atoms with E-state index >= 15 is 0 Å². The van der Waals surface area contributed by atoms with Gasteiger partial charge >= 0.3 is 0 Å². The zero-order valence-electron chi connectivity index (χ0n) is 15.8. The van der Waals surface area contributed by atoms with Crippen LogP contribution in [-0.4, -0.2) is 38.3 Å². The first-order chi connectivity index (χ1) is 13.4. The Labute approximate surface area is 174 Å². The van der Waals surface area contributed by atoms with Gasteiger partial charge in [-0.15, -0.1) is 0 Å². The summed E-state index contributed by atoms with van der Waals surface area (Å²) in [6, 6.07) is 12.7. The highest BCUT2D eigenvalue weighted by molar-refractivity contribution is 9.10. The number of amides is 1. The molecule has 2 aliphatic heterocycles. The second-order valence-corrected chi connectivity index (χ2v) is 10.3. The highest BCUT2D eigenvalue weighted by Gasteiger charge is 2.31. The van der Waals surface area contributed by atoms with Gasteiger partial charge in [0, 0.05) is 29.8 Å². The second kappa shape index (κ2) is 7.61. The normalized spacial score (nSPS) is 20.2. The summed E-state index contributed by atoms with van der Waals surface area (Å²) in [5, 5.41) is 0. The first-order valence-electron chi connectivity index (χ1n) is 9.60. The van der Waals surface area contributed by atoms with E-state index in [1.807, 2.05) is 18.2 Å². The topological polar surface area (TPSA) is 57.7 Å². The van der Waals surface area contributed by atoms with E-state index < -0.39 is 10.0 Å². The molecule has 0 aliphatic carbocycles. The summed E-state index contributed by atoms with van der Waals surface area (Å²) in [5.74, 6) is 0.218. The highest BCUT2D eigenvalue weighted by atomic mass is 79.9. The van der Waals surface area contributed by atoms with Gasteiger partial charge in [-0.1, -0.05) is 25.1 Å². The number of anilines is 1. The Balaban J connectivity index is 1.72. The van der Waals surface area contributed by atoms with E-state index in [0.717, 1.165) is 30.5 Å². The fourth-order valence-corrected chi connectivity index (χ4v) is 5.97. The van der Waals surface area contributed by atoms with Crippen molar-refractivity contribution in [3.63, 3.8) is 0 Å². The number of sulfonamides is 1. The summed E-state index contributed by atoms with van der Waals surface area (Å²) < 4.78 is 28.0. The van der Waals surface area contributed by atoms with Crippen molar-refractivity contribution in [1.82, 2.24) is 4.31 Å². The molecule has 2 aromatic rings. The van der Waals surface area contributed by atoms with E-state index in [1.165, 1.54) is 10.4 Å². The third kappa shape index (κ3) is 3.40. The molecular formula is C21H23BrN2O3S. The van der Waals surface area contributed by atoms with Crippen LogP contribution in [0.1, 0.15) is 48.0 Å². The Morgan fingerprint density at radius 1 is 1.07 bits per heavy atom. The van der Waals surface area contributed by atoms with E-state index in [2.05, 4.69) is 28.9 Å². The van der Waals surface area contributed by atoms with Crippen molar-refractivity contribution in [3.8, 4) is 0 Å². The van der Waals surface area contributed by atoms with Crippen LogP contribution in [0.4, 0.5) is 5.69 Å². The van der Waals surface area contributed by atoms with Crippen LogP contribution in [0.3, 0.4) is 0 Å². The summed E-state index contributed by atoms with van der Waals surface area (Å²) in [4.78, 5) is 15.3. The standard InChI is InChI=1S/C21H23BrN2O3S/c1-15-10-13-24(20-7-3-2-6-17(15)20)21(25)18-14-16(8-9-19(18)22)28(26,27)23-11-4-5-12-23/h2-3,6-9,14-15H,4-5,10-13H2,1H3. The van der Waals surface area contributed by atoms with E-state index in [9.17, 15) is 13.2 Å². The zero-order valence-corrected chi connectivity index (χ0v) is 18.2. The number of rotatable bonds is 3. The quantitative estimate of drug-likeness (QED) is 0.679. The Morgan fingerprint density at radius 3 is 2.54 bits per heavy atom. The summed E-state index contributed by atoms with van der Waals surface area (Å²) in [6.07, 6.45) is 2.64. The lowest BCUT2D eigenvalue weighted by Gasteiger charge is -2.33. The van der Waals surface area contributed by atoms with Crippen LogP contribution >= 0.6 is 15.9 Å². The third-order valence-corrected chi connectivity index (χ3v) is 8.25. The molecule has 2 aromatic carbocycles. The minimum absolute atomic E-state index is 0.176. The number of nitrogens with zero attached hydrogens (tertiary/aromatic N) is 2. The molecule has 148 valence electrons. The van der Waals surface area contributed by atoms with Gasteiger partial charge < -0.3 is 4.90 Å². The van der Waals surface area contributed by atoms with Gasteiger partial charge in [0.2, 0.25) is 10.0 Å². The molecule has 5 nitrogen and oxygen atoms in total. The molecule has 4 rings (SSSR count). The van der Waals surface area contributed by atoms with E-state index in [0.29, 0.717) is 35.6 Å². The molecule has 1 fully saturated rings. The maximum Gasteiger partial charge on any atom is 0.259 e. The average Bonchev–Trinajstić information content (AvgIpc) is 3.24. The molecule has 0 spiro atoms. The van der Waals surface area contributed by atoms with Crippen molar-refractivity contribution in [3.05, 3.63) is 58.1 Å². The molecule has 7 heteroatoms. The minimum Gasteiger partial charge on any atom is -0.308 e. The van der Waals surface area contributed by atoms with E-state index in [1.54, 1.807) is 17.0 Å². The van der Waals surface area contributed by atoms with Gasteiger partial charge in [0.05, 0.1) is 10.5 Å². The largest absolute Gasteiger partial charge is 0.308 e. The number of hydrogen-bond donors (Lipinski definition) is 0. The molecule has 1 saturated heterocycles. The van der Waals surface area contributed by atoms with Crippen LogP contribution < -0.4 is 4.90 Å². The molecular weight excluding hydrogens is 440 g/mol. The third-order valence-electron chi connectivity index (χ3n) is 5.66. The number of benzene rings is 2. The van der Waals surface area contributed by atoms with Crippen molar-refractivity contribution < 1.29 is 13.2 Å². The Hall–Kier alpha value is -1.70. The van der Waals surface area contributed by atoms with E-state index in [4.69, 9.17) is 0 Å². The van der Waals surface area contributed by atoms with Crippen LogP contribution in [0.25, 0.3) is 0 Å². The molecule has 1 atom stereocenters. The lowest BCUT2D eigenvalue weighted by atomic mass is 9.91. The predicted octanol–water partition coefficient (Wildman–Crippen LogP) is 4.39. The van der Waals surface area contributed by atoms with Gasteiger partial charge in [0.25, 0.3) is 5.91 Å². The van der Waals surface area contributed by atoms with Gasteiger partial charge in [0.1, 0.15) is 0 Å². The smallest absolute Gasteiger partial charge is 0.259 e. The lowest BCUT2D eigenvalue weighted by Crippen LogP contribution is -2.36. The molecule has 0 saturated carbocycles. The number of carbonyl (C=O) groups excluding carboxylic acids is 1. The highest BCUT2D eigenvalue weighted by Crippen LogP contribution is 2.36. The number of fused-ring (bicyclic) bond motifs is 1. The maximum absolute atomic E-state index is 13.4. The van der Waals surface area contributed by atoms with Gasteiger partial charge in [-0.3, -0.25) is 4.79 Å². The summed E-state index contributed by atoms with van der Waals surface area (Å²) >= 11 is 3.44. The lowest BCUT2D eigenvalue weighted by molar-refractivity contribution is 0.0983. The molecule has 2 aliphatic rings. The predicted molar refractivity (Wildman–Crippen MR) is 113 cm³/mol. The van der Waals surface area contributed by atoms with Crippen LogP contribution in [-0.2, 0) is 10.0 Å². The monoisotopic (exact) mass is 462 g/mol. The maximum atomic E-state index is 13.4. The molecule has 0 radical (unpaired) electrons. The minimum atomic E-state index is -3.57. The number of halogens is 1.